The fourth-order valence-electron chi connectivity index (χ4n) is 1.57. The lowest BCUT2D eigenvalue weighted by atomic mass is 10.0. The van der Waals surface area contributed by atoms with Crippen LogP contribution in [0.3, 0.4) is 0 Å². The summed E-state index contributed by atoms with van der Waals surface area (Å²) in [4.78, 5) is 0. The molecule has 0 saturated heterocycles. The molecule has 20 heavy (non-hydrogen) atoms. The Kier molecular flexibility index (Phi) is 6.63. The van der Waals surface area contributed by atoms with Gasteiger partial charge >= 0.3 is 0 Å². The second kappa shape index (κ2) is 8.54. The van der Waals surface area contributed by atoms with Gasteiger partial charge in [-0.2, -0.15) is 0 Å². The van der Waals surface area contributed by atoms with E-state index in [1.54, 1.807) is 0 Å². The van der Waals surface area contributed by atoms with E-state index in [-0.39, 0.29) is 5.76 Å². The molecule has 0 aliphatic rings. The van der Waals surface area contributed by atoms with Crippen molar-refractivity contribution < 1.29 is 5.11 Å². The second-order valence-corrected chi connectivity index (χ2v) is 4.26. The number of hydrogen-bond donors (Lipinski definition) is 1. The summed E-state index contributed by atoms with van der Waals surface area (Å²) in [6.45, 7) is 8.78. The highest BCUT2D eigenvalue weighted by Crippen LogP contribution is 2.18. The van der Waals surface area contributed by atoms with Crippen molar-refractivity contribution in [1.29, 1.82) is 0 Å². The molecule has 0 atom stereocenters. The first kappa shape index (κ1) is 15.5. The Labute approximate surface area is 121 Å². The first-order valence-electron chi connectivity index (χ1n) is 6.43. The van der Waals surface area contributed by atoms with Gasteiger partial charge in [0, 0.05) is 0 Å². The fourth-order valence-corrected chi connectivity index (χ4v) is 1.57. The van der Waals surface area contributed by atoms with Crippen LogP contribution in [0.15, 0.2) is 91.7 Å². The van der Waals surface area contributed by atoms with E-state index in [2.05, 4.69) is 68.6 Å². The van der Waals surface area contributed by atoms with Crippen LogP contribution >= 0.6 is 0 Å². The molecule has 1 nitrogen and oxygen atoms in total. The average molecular weight is 264 g/mol. The van der Waals surface area contributed by atoms with Crippen molar-refractivity contribution in [2.45, 2.75) is 6.92 Å². The molecule has 0 saturated carbocycles. The largest absolute Gasteiger partial charge is 0.508 e. The number of allylic oxidation sites excluding steroid dienone is 3. The van der Waals surface area contributed by atoms with Crippen LogP contribution in [-0.2, 0) is 0 Å². The minimum Gasteiger partial charge on any atom is -0.508 e. The summed E-state index contributed by atoms with van der Waals surface area (Å²) in [5.41, 5.74) is 3.87. The highest BCUT2D eigenvalue weighted by Gasteiger charge is 1.93. The van der Waals surface area contributed by atoms with Crippen LogP contribution in [-0.4, -0.2) is 5.11 Å². The van der Waals surface area contributed by atoms with Crippen molar-refractivity contribution in [2.75, 3.05) is 0 Å². The fraction of sp³-hybridized carbons (Fsp3) is 0.0526. The SMILES string of the molecule is C=C/C=C(/O)C=C.Cc1ccc(-c2ccccc2)cc1. The van der Waals surface area contributed by atoms with Crippen LogP contribution in [0.1, 0.15) is 5.56 Å². The zero-order chi connectivity index (χ0) is 14.8. The lowest BCUT2D eigenvalue weighted by Crippen LogP contribution is -1.76. The van der Waals surface area contributed by atoms with E-state index in [1.165, 1.54) is 34.9 Å². The summed E-state index contributed by atoms with van der Waals surface area (Å²) in [5, 5.41) is 8.53. The van der Waals surface area contributed by atoms with Crippen LogP contribution in [0.4, 0.5) is 0 Å². The minimum atomic E-state index is 0.148. The molecule has 1 N–H and O–H groups in total. The smallest absolute Gasteiger partial charge is 0.114 e. The Bertz CT molecular complexity index is 562. The maximum Gasteiger partial charge on any atom is 0.114 e. The Morgan fingerprint density at radius 2 is 1.45 bits per heavy atom. The number of rotatable bonds is 3. The van der Waals surface area contributed by atoms with E-state index >= 15 is 0 Å². The van der Waals surface area contributed by atoms with Crippen LogP contribution in [0.25, 0.3) is 11.1 Å². The molecule has 2 aromatic rings. The predicted octanol–water partition coefficient (Wildman–Crippen LogP) is 5.46. The second-order valence-electron chi connectivity index (χ2n) is 4.26. The van der Waals surface area contributed by atoms with Gasteiger partial charge in [0.1, 0.15) is 5.76 Å². The molecule has 1 heteroatoms. The van der Waals surface area contributed by atoms with Gasteiger partial charge in [0.05, 0.1) is 0 Å². The maximum atomic E-state index is 8.53. The minimum absolute atomic E-state index is 0.148. The maximum absolute atomic E-state index is 8.53. The normalized spacial score (nSPS) is 10.2. The molecule has 0 aliphatic heterocycles. The van der Waals surface area contributed by atoms with E-state index in [9.17, 15) is 0 Å². The highest BCUT2D eigenvalue weighted by atomic mass is 16.3. The number of aliphatic hydroxyl groups is 1. The van der Waals surface area contributed by atoms with Gasteiger partial charge < -0.3 is 5.11 Å². The molecule has 0 spiro atoms. The first-order valence-corrected chi connectivity index (χ1v) is 6.43. The van der Waals surface area contributed by atoms with Gasteiger partial charge in [0.2, 0.25) is 0 Å². The molecule has 102 valence electrons. The van der Waals surface area contributed by atoms with Gasteiger partial charge in [0.15, 0.2) is 0 Å². The predicted molar refractivity (Wildman–Crippen MR) is 87.7 cm³/mol. The molecule has 2 aromatic carbocycles. The Morgan fingerprint density at radius 1 is 0.900 bits per heavy atom. The molecule has 2 rings (SSSR count). The lowest BCUT2D eigenvalue weighted by Gasteiger charge is -2.00. The van der Waals surface area contributed by atoms with Crippen molar-refractivity contribution in [3.63, 3.8) is 0 Å². The first-order chi connectivity index (χ1) is 9.67. The lowest BCUT2D eigenvalue weighted by molar-refractivity contribution is 0.433. The third-order valence-corrected chi connectivity index (χ3v) is 2.66. The molecular weight excluding hydrogens is 244 g/mol. The van der Waals surface area contributed by atoms with Crippen molar-refractivity contribution in [3.8, 4) is 11.1 Å². The summed E-state index contributed by atoms with van der Waals surface area (Å²) >= 11 is 0. The summed E-state index contributed by atoms with van der Waals surface area (Å²) in [5.74, 6) is 0.148. The van der Waals surface area contributed by atoms with Gasteiger partial charge in [-0.05, 0) is 30.2 Å². The summed E-state index contributed by atoms with van der Waals surface area (Å²) in [7, 11) is 0. The number of benzene rings is 2. The molecule has 0 fully saturated rings. The average Bonchev–Trinajstić information content (AvgIpc) is 2.50. The molecule has 0 heterocycles. The van der Waals surface area contributed by atoms with Gasteiger partial charge in [0.25, 0.3) is 0 Å². The monoisotopic (exact) mass is 264 g/mol. The molecule has 0 unspecified atom stereocenters. The van der Waals surface area contributed by atoms with E-state index in [0.29, 0.717) is 0 Å². The Balaban J connectivity index is 0.000000246. The van der Waals surface area contributed by atoms with E-state index < -0.39 is 0 Å². The van der Waals surface area contributed by atoms with Crippen molar-refractivity contribution in [3.05, 3.63) is 97.3 Å². The van der Waals surface area contributed by atoms with Gasteiger partial charge in [-0.15, -0.1) is 0 Å². The highest BCUT2D eigenvalue weighted by molar-refractivity contribution is 5.63. The van der Waals surface area contributed by atoms with Crippen LogP contribution in [0.5, 0.6) is 0 Å². The standard InChI is InChI=1S/C13H12.C6H8O/c1-11-7-9-13(10-8-11)12-5-3-2-4-6-12;1-3-5-6(7)4-2/h2-10H,1H3;3-5,7H,1-2H2/b;6-5+. The van der Waals surface area contributed by atoms with E-state index in [4.69, 9.17) is 5.11 Å². The quantitative estimate of drug-likeness (QED) is 0.576. The molecule has 0 amide bonds. The zero-order valence-electron chi connectivity index (χ0n) is 11.8. The number of aryl methyl sites for hydroxylation is 1. The van der Waals surface area contributed by atoms with Crippen molar-refractivity contribution in [2.24, 2.45) is 0 Å². The summed E-state index contributed by atoms with van der Waals surface area (Å²) < 4.78 is 0. The molecule has 0 radical (unpaired) electrons. The zero-order valence-corrected chi connectivity index (χ0v) is 11.8. The van der Waals surface area contributed by atoms with E-state index in [0.717, 1.165) is 0 Å². The summed E-state index contributed by atoms with van der Waals surface area (Å²) in [6.07, 6.45) is 4.31. The van der Waals surface area contributed by atoms with E-state index in [1.807, 2.05) is 6.07 Å². The number of aliphatic hydroxyl groups excluding tert-OH is 1. The Morgan fingerprint density at radius 3 is 1.90 bits per heavy atom. The van der Waals surface area contributed by atoms with Crippen LogP contribution in [0, 0.1) is 6.92 Å². The van der Waals surface area contributed by atoms with Gasteiger partial charge in [-0.3, -0.25) is 0 Å². The van der Waals surface area contributed by atoms with Crippen molar-refractivity contribution >= 4 is 0 Å². The van der Waals surface area contributed by atoms with Crippen LogP contribution in [0.2, 0.25) is 0 Å². The third kappa shape index (κ3) is 5.40. The Hall–Kier alpha value is -2.54. The molecule has 0 aromatic heterocycles. The molecular formula is C19H20O. The molecule has 0 bridgehead atoms. The third-order valence-electron chi connectivity index (χ3n) is 2.66. The molecule has 0 aliphatic carbocycles. The number of hydrogen-bond acceptors (Lipinski definition) is 1. The van der Waals surface area contributed by atoms with Gasteiger partial charge in [-0.1, -0.05) is 79.4 Å². The van der Waals surface area contributed by atoms with Crippen LogP contribution < -0.4 is 0 Å². The topological polar surface area (TPSA) is 20.2 Å². The van der Waals surface area contributed by atoms with Crippen molar-refractivity contribution in [1.82, 2.24) is 0 Å². The summed E-state index contributed by atoms with van der Waals surface area (Å²) in [6, 6.07) is 19.0. The van der Waals surface area contributed by atoms with Gasteiger partial charge in [-0.25, -0.2) is 0 Å².